The molecule has 1 saturated heterocycles. The van der Waals surface area contributed by atoms with E-state index in [1.807, 2.05) is 85.8 Å². The molecule has 3 aromatic carbocycles. The lowest BCUT2D eigenvalue weighted by Gasteiger charge is -2.39. The molecule has 148 valence electrons. The molecule has 0 aliphatic carbocycles. The predicted molar refractivity (Wildman–Crippen MR) is 114 cm³/mol. The molecule has 1 aliphatic rings. The Morgan fingerprint density at radius 1 is 0.793 bits per heavy atom. The Labute approximate surface area is 172 Å². The zero-order valence-corrected chi connectivity index (χ0v) is 16.9. The minimum atomic E-state index is -0.870. The molecular formula is C26H28NO2+. The van der Waals surface area contributed by atoms with E-state index in [0.717, 1.165) is 42.6 Å². The van der Waals surface area contributed by atoms with Crippen LogP contribution in [0.4, 0.5) is 0 Å². The van der Waals surface area contributed by atoms with Crippen LogP contribution >= 0.6 is 0 Å². The van der Waals surface area contributed by atoms with Crippen LogP contribution < -0.4 is 5.32 Å². The smallest absolute Gasteiger partial charge is 0.321 e. The summed E-state index contributed by atoms with van der Waals surface area (Å²) in [5, 5.41) is 2.29. The molecule has 0 radical (unpaired) electrons. The number of benzene rings is 3. The highest BCUT2D eigenvalue weighted by molar-refractivity contribution is 5.87. The molecule has 0 atom stereocenters. The molecule has 1 fully saturated rings. The van der Waals surface area contributed by atoms with E-state index in [4.69, 9.17) is 4.74 Å². The largest absolute Gasteiger partial charge is 0.453 e. The van der Waals surface area contributed by atoms with Crippen molar-refractivity contribution in [2.75, 3.05) is 13.1 Å². The Hall–Kier alpha value is -2.91. The van der Waals surface area contributed by atoms with Crippen LogP contribution in [0.1, 0.15) is 36.5 Å². The molecule has 0 spiro atoms. The Morgan fingerprint density at radius 2 is 1.24 bits per heavy atom. The number of quaternary nitrogens is 1. The van der Waals surface area contributed by atoms with Crippen molar-refractivity contribution >= 4 is 5.97 Å². The first kappa shape index (κ1) is 19.4. The second-order valence-electron chi connectivity index (χ2n) is 7.97. The molecule has 0 amide bonds. The van der Waals surface area contributed by atoms with E-state index in [0.29, 0.717) is 0 Å². The highest BCUT2D eigenvalue weighted by Gasteiger charge is 2.46. The van der Waals surface area contributed by atoms with Crippen LogP contribution in [-0.4, -0.2) is 19.1 Å². The van der Waals surface area contributed by atoms with Crippen molar-refractivity contribution in [2.45, 2.75) is 30.8 Å². The lowest BCUT2D eigenvalue weighted by molar-refractivity contribution is -0.668. The molecule has 0 bridgehead atoms. The highest BCUT2D eigenvalue weighted by atomic mass is 16.6. The van der Waals surface area contributed by atoms with Gasteiger partial charge in [0.25, 0.3) is 0 Å². The Morgan fingerprint density at radius 3 is 1.72 bits per heavy atom. The Balaban J connectivity index is 1.76. The first-order valence-electron chi connectivity index (χ1n) is 10.4. The molecule has 0 unspecified atom stereocenters. The van der Waals surface area contributed by atoms with Gasteiger partial charge >= 0.3 is 5.97 Å². The van der Waals surface area contributed by atoms with Crippen LogP contribution in [-0.2, 0) is 20.5 Å². The maximum Gasteiger partial charge on any atom is 0.321 e. The average Bonchev–Trinajstić information content (AvgIpc) is 2.81. The van der Waals surface area contributed by atoms with Gasteiger partial charge in [-0.05, 0) is 23.6 Å². The number of ether oxygens (including phenoxy) is 1. The third kappa shape index (κ3) is 3.70. The molecular weight excluding hydrogens is 358 g/mol. The van der Waals surface area contributed by atoms with Gasteiger partial charge in [-0.3, -0.25) is 4.79 Å². The van der Waals surface area contributed by atoms with Gasteiger partial charge in [-0.25, -0.2) is 0 Å². The summed E-state index contributed by atoms with van der Waals surface area (Å²) in [4.78, 5) is 13.9. The van der Waals surface area contributed by atoms with Gasteiger partial charge in [-0.1, -0.05) is 91.0 Å². The van der Waals surface area contributed by atoms with Crippen LogP contribution in [0, 0.1) is 0 Å². The number of hydrogen-bond donors (Lipinski definition) is 1. The minimum absolute atomic E-state index is 0.194. The first-order valence-corrected chi connectivity index (χ1v) is 10.4. The standard InChI is InChI=1S/C26H27NO2/c1-25(21-11-5-2-6-12-21,22-13-7-3-8-14-22)24(28)29-26(17-19-27-20-18-26)23-15-9-4-10-16-23/h2-16,27H,17-20H2,1H3/p+1. The number of carbonyl (C=O) groups excluding carboxylic acids is 1. The van der Waals surface area contributed by atoms with E-state index in [1.165, 1.54) is 0 Å². The van der Waals surface area contributed by atoms with E-state index in [-0.39, 0.29) is 5.97 Å². The normalized spacial score (nSPS) is 16.2. The molecule has 1 heterocycles. The van der Waals surface area contributed by atoms with Crippen molar-refractivity contribution in [1.82, 2.24) is 0 Å². The van der Waals surface area contributed by atoms with Gasteiger partial charge in [0.05, 0.1) is 13.1 Å². The second kappa shape index (κ2) is 8.22. The summed E-state index contributed by atoms with van der Waals surface area (Å²) >= 11 is 0. The van der Waals surface area contributed by atoms with Crippen molar-refractivity contribution < 1.29 is 14.8 Å². The molecule has 2 N–H and O–H groups in total. The van der Waals surface area contributed by atoms with Gasteiger partial charge < -0.3 is 10.1 Å². The molecule has 3 aromatic rings. The van der Waals surface area contributed by atoms with Gasteiger partial charge in [-0.2, -0.15) is 0 Å². The highest BCUT2D eigenvalue weighted by Crippen LogP contribution is 2.39. The van der Waals surface area contributed by atoms with Crippen LogP contribution in [0.5, 0.6) is 0 Å². The summed E-state index contributed by atoms with van der Waals surface area (Å²) in [5.41, 5.74) is 1.54. The summed E-state index contributed by atoms with van der Waals surface area (Å²) in [6.07, 6.45) is 1.64. The molecule has 1 aliphatic heterocycles. The van der Waals surface area contributed by atoms with E-state index < -0.39 is 11.0 Å². The van der Waals surface area contributed by atoms with Crippen molar-refractivity contribution in [1.29, 1.82) is 0 Å². The van der Waals surface area contributed by atoms with Crippen LogP contribution in [0.15, 0.2) is 91.0 Å². The fourth-order valence-corrected chi connectivity index (χ4v) is 4.36. The number of esters is 1. The van der Waals surface area contributed by atoms with Gasteiger partial charge in [0.15, 0.2) is 0 Å². The van der Waals surface area contributed by atoms with E-state index in [1.54, 1.807) is 0 Å². The third-order valence-corrected chi connectivity index (χ3v) is 6.20. The van der Waals surface area contributed by atoms with Gasteiger partial charge in [0.1, 0.15) is 11.0 Å². The summed E-state index contributed by atoms with van der Waals surface area (Å²) in [5.74, 6) is -0.194. The lowest BCUT2D eigenvalue weighted by Crippen LogP contribution is -2.87. The zero-order chi connectivity index (χ0) is 20.2. The maximum absolute atomic E-state index is 13.9. The van der Waals surface area contributed by atoms with Crippen molar-refractivity contribution in [2.24, 2.45) is 0 Å². The fourth-order valence-electron chi connectivity index (χ4n) is 4.36. The third-order valence-electron chi connectivity index (χ3n) is 6.20. The van der Waals surface area contributed by atoms with Crippen LogP contribution in [0.3, 0.4) is 0 Å². The number of carbonyl (C=O) groups is 1. The summed E-state index contributed by atoms with van der Waals surface area (Å²) in [6.45, 7) is 3.89. The van der Waals surface area contributed by atoms with Crippen LogP contribution in [0.25, 0.3) is 0 Å². The topological polar surface area (TPSA) is 42.9 Å². The van der Waals surface area contributed by atoms with E-state index >= 15 is 0 Å². The Bertz CT molecular complexity index is 893. The average molecular weight is 387 g/mol. The fraction of sp³-hybridized carbons (Fsp3) is 0.269. The summed E-state index contributed by atoms with van der Waals surface area (Å²) < 4.78 is 6.48. The van der Waals surface area contributed by atoms with E-state index in [9.17, 15) is 4.79 Å². The maximum atomic E-state index is 13.9. The van der Waals surface area contributed by atoms with Crippen molar-refractivity contribution in [3.63, 3.8) is 0 Å². The monoisotopic (exact) mass is 386 g/mol. The van der Waals surface area contributed by atoms with Crippen molar-refractivity contribution in [3.8, 4) is 0 Å². The van der Waals surface area contributed by atoms with Crippen LogP contribution in [0.2, 0.25) is 0 Å². The van der Waals surface area contributed by atoms with Gasteiger partial charge in [0, 0.05) is 12.8 Å². The first-order chi connectivity index (χ1) is 14.2. The molecule has 0 saturated carbocycles. The summed E-state index contributed by atoms with van der Waals surface area (Å²) in [6, 6.07) is 30.1. The molecule has 0 aromatic heterocycles. The van der Waals surface area contributed by atoms with Crippen molar-refractivity contribution in [3.05, 3.63) is 108 Å². The number of piperidine rings is 1. The quantitative estimate of drug-likeness (QED) is 0.678. The summed E-state index contributed by atoms with van der Waals surface area (Å²) in [7, 11) is 0. The molecule has 29 heavy (non-hydrogen) atoms. The molecule has 4 rings (SSSR count). The van der Waals surface area contributed by atoms with Gasteiger partial charge in [0.2, 0.25) is 0 Å². The van der Waals surface area contributed by atoms with E-state index in [2.05, 4.69) is 17.4 Å². The number of nitrogens with two attached hydrogens (primary N) is 1. The minimum Gasteiger partial charge on any atom is -0.453 e. The second-order valence-corrected chi connectivity index (χ2v) is 7.97. The van der Waals surface area contributed by atoms with Gasteiger partial charge in [-0.15, -0.1) is 0 Å². The molecule has 3 heteroatoms. The Kier molecular flexibility index (Phi) is 5.50. The predicted octanol–water partition coefficient (Wildman–Crippen LogP) is 3.79. The zero-order valence-electron chi connectivity index (χ0n) is 16.9. The number of hydrogen-bond acceptors (Lipinski definition) is 2. The molecule has 3 nitrogen and oxygen atoms in total. The number of rotatable bonds is 5. The lowest BCUT2D eigenvalue weighted by atomic mass is 9.75. The SMILES string of the molecule is CC(C(=O)OC1(c2ccccc2)CC[NH2+]CC1)(c1ccccc1)c1ccccc1.